The smallest absolute Gasteiger partial charge is 0.307 e. The summed E-state index contributed by atoms with van der Waals surface area (Å²) in [6, 6.07) is 10.2. The molecule has 0 saturated carbocycles. The van der Waals surface area contributed by atoms with Crippen LogP contribution in [0.2, 0.25) is 0 Å². The summed E-state index contributed by atoms with van der Waals surface area (Å²) in [5.41, 5.74) is 2.65. The lowest BCUT2D eigenvalue weighted by molar-refractivity contribution is -0.141. The van der Waals surface area contributed by atoms with Gasteiger partial charge in [0.15, 0.2) is 11.5 Å². The van der Waals surface area contributed by atoms with Gasteiger partial charge in [0.2, 0.25) is 5.91 Å². The van der Waals surface area contributed by atoms with Crippen LogP contribution >= 0.6 is 0 Å². The minimum atomic E-state index is -0.585. The summed E-state index contributed by atoms with van der Waals surface area (Å²) < 4.78 is 16.1. The molecule has 3 rings (SSSR count). The van der Waals surface area contributed by atoms with Gasteiger partial charge in [-0.15, -0.1) is 0 Å². The van der Waals surface area contributed by atoms with Crippen LogP contribution in [-0.4, -0.2) is 43.5 Å². The van der Waals surface area contributed by atoms with Crippen molar-refractivity contribution in [1.82, 2.24) is 4.90 Å². The van der Waals surface area contributed by atoms with Crippen LogP contribution in [-0.2, 0) is 20.9 Å². The molecule has 0 fully saturated rings. The quantitative estimate of drug-likeness (QED) is 0.195. The van der Waals surface area contributed by atoms with Crippen molar-refractivity contribution in [2.75, 3.05) is 26.1 Å². The third-order valence-corrected chi connectivity index (χ3v) is 7.11. The van der Waals surface area contributed by atoms with Crippen LogP contribution in [0.1, 0.15) is 99.2 Å². The van der Waals surface area contributed by atoms with Gasteiger partial charge in [-0.25, -0.2) is 0 Å². The van der Waals surface area contributed by atoms with E-state index in [0.29, 0.717) is 35.8 Å². The van der Waals surface area contributed by atoms with Gasteiger partial charge >= 0.3 is 5.97 Å². The fourth-order valence-electron chi connectivity index (χ4n) is 5.00. The monoisotopic (exact) mass is 538 g/mol. The number of ether oxygens (including phenoxy) is 3. The fraction of sp³-hybridized carbons (Fsp3) is 0.516. The van der Waals surface area contributed by atoms with Crippen LogP contribution in [0.4, 0.5) is 5.69 Å². The zero-order valence-corrected chi connectivity index (χ0v) is 23.7. The number of benzene rings is 2. The van der Waals surface area contributed by atoms with E-state index in [4.69, 9.17) is 14.2 Å². The minimum Gasteiger partial charge on any atom is -0.493 e. The largest absolute Gasteiger partial charge is 0.493 e. The molecule has 1 unspecified atom stereocenters. The van der Waals surface area contributed by atoms with E-state index in [0.717, 1.165) is 30.4 Å². The highest BCUT2D eigenvalue weighted by atomic mass is 16.5. The van der Waals surface area contributed by atoms with Crippen LogP contribution in [0.15, 0.2) is 36.4 Å². The van der Waals surface area contributed by atoms with Crippen molar-refractivity contribution in [2.24, 2.45) is 0 Å². The van der Waals surface area contributed by atoms with Crippen LogP contribution in [0.5, 0.6) is 11.5 Å². The maximum absolute atomic E-state index is 13.6. The Hall–Kier alpha value is -3.55. The summed E-state index contributed by atoms with van der Waals surface area (Å²) in [4.78, 5) is 40.4. The minimum absolute atomic E-state index is 0.0198. The van der Waals surface area contributed by atoms with Gasteiger partial charge in [0.25, 0.3) is 5.91 Å². The first-order valence-electron chi connectivity index (χ1n) is 14.0. The van der Waals surface area contributed by atoms with Crippen molar-refractivity contribution in [3.05, 3.63) is 53.1 Å². The number of unbranched alkanes of at least 4 members (excludes halogenated alkanes) is 6. The summed E-state index contributed by atoms with van der Waals surface area (Å²) in [5.74, 6) is 0.427. The average molecular weight is 539 g/mol. The van der Waals surface area contributed by atoms with E-state index < -0.39 is 12.0 Å². The molecule has 0 radical (unpaired) electrons. The van der Waals surface area contributed by atoms with Gasteiger partial charge in [-0.3, -0.25) is 14.4 Å². The standard InChI is InChI=1S/C31H42N2O6/c1-5-7-8-9-10-11-12-16-29(34)32-25-15-13-14-23-24(25)21-33(31(23)36)26(20-30(35)38-4)22-17-18-27(37-3)28(19-22)39-6-2/h13-15,17-19,26H,5-12,16,20-21H2,1-4H3,(H,32,34). The highest BCUT2D eigenvalue weighted by molar-refractivity contribution is 6.02. The molecule has 2 aromatic rings. The number of carbonyl (C=O) groups is 3. The molecule has 1 N–H and O–H groups in total. The number of methoxy groups -OCH3 is 2. The first-order chi connectivity index (χ1) is 18.9. The lowest BCUT2D eigenvalue weighted by Gasteiger charge is -2.28. The normalized spacial score (nSPS) is 13.1. The molecule has 1 aliphatic rings. The van der Waals surface area contributed by atoms with Gasteiger partial charge in [0.1, 0.15) is 0 Å². The Bertz CT molecular complexity index is 1130. The maximum atomic E-state index is 13.6. The summed E-state index contributed by atoms with van der Waals surface area (Å²) in [6.07, 6.45) is 8.42. The predicted molar refractivity (Wildman–Crippen MR) is 151 cm³/mol. The highest BCUT2D eigenvalue weighted by Gasteiger charge is 2.36. The number of hydrogen-bond acceptors (Lipinski definition) is 6. The molecule has 8 heteroatoms. The van der Waals surface area contributed by atoms with Crippen molar-refractivity contribution in [3.63, 3.8) is 0 Å². The number of nitrogens with one attached hydrogen (secondary N) is 1. The molecule has 0 aromatic heterocycles. The van der Waals surface area contributed by atoms with Crippen molar-refractivity contribution in [2.45, 2.75) is 84.2 Å². The van der Waals surface area contributed by atoms with Crippen molar-refractivity contribution in [1.29, 1.82) is 0 Å². The van der Waals surface area contributed by atoms with E-state index in [1.807, 2.05) is 19.1 Å². The molecule has 1 heterocycles. The molecular weight excluding hydrogens is 496 g/mol. The number of esters is 1. The van der Waals surface area contributed by atoms with Gasteiger partial charge in [0, 0.05) is 29.8 Å². The second-order valence-corrected chi connectivity index (χ2v) is 9.82. The number of hydrogen-bond donors (Lipinski definition) is 1. The summed E-state index contributed by atoms with van der Waals surface area (Å²) >= 11 is 0. The molecule has 0 bridgehead atoms. The highest BCUT2D eigenvalue weighted by Crippen LogP contribution is 2.39. The summed E-state index contributed by atoms with van der Waals surface area (Å²) in [5, 5.41) is 3.02. The zero-order chi connectivity index (χ0) is 28.2. The van der Waals surface area contributed by atoms with Crippen LogP contribution in [0.3, 0.4) is 0 Å². The SMILES string of the molecule is CCCCCCCCCC(=O)Nc1cccc2c1CN(C(CC(=O)OC)c1ccc(OC)c(OCC)c1)C2=O. The Morgan fingerprint density at radius 3 is 2.41 bits per heavy atom. The number of nitrogens with zero attached hydrogens (tertiary/aromatic N) is 1. The predicted octanol–water partition coefficient (Wildman–Crippen LogP) is 6.43. The van der Waals surface area contributed by atoms with Crippen molar-refractivity contribution >= 4 is 23.5 Å². The first kappa shape index (κ1) is 30.0. The van der Waals surface area contributed by atoms with Gasteiger partial charge in [0.05, 0.1) is 33.3 Å². The van der Waals surface area contributed by atoms with Gasteiger partial charge in [-0.05, 0) is 43.2 Å². The fourth-order valence-corrected chi connectivity index (χ4v) is 5.00. The zero-order valence-electron chi connectivity index (χ0n) is 23.7. The molecule has 0 spiro atoms. The summed E-state index contributed by atoms with van der Waals surface area (Å²) in [7, 11) is 2.89. The van der Waals surface area contributed by atoms with E-state index in [2.05, 4.69) is 12.2 Å². The molecule has 2 amide bonds. The van der Waals surface area contributed by atoms with Crippen LogP contribution in [0.25, 0.3) is 0 Å². The molecule has 1 aliphatic heterocycles. The lowest BCUT2D eigenvalue weighted by atomic mass is 10.0. The third kappa shape index (κ3) is 7.97. The second-order valence-electron chi connectivity index (χ2n) is 9.82. The molecular formula is C31H42N2O6. The average Bonchev–Trinajstić information content (AvgIpc) is 3.28. The molecule has 2 aromatic carbocycles. The molecule has 212 valence electrons. The molecule has 0 aliphatic carbocycles. The van der Waals surface area contributed by atoms with Crippen LogP contribution in [0, 0.1) is 0 Å². The molecule has 1 atom stereocenters. The van der Waals surface area contributed by atoms with Gasteiger partial charge in [-0.2, -0.15) is 0 Å². The van der Waals surface area contributed by atoms with Gasteiger partial charge in [-0.1, -0.05) is 57.6 Å². The van der Waals surface area contributed by atoms with Crippen molar-refractivity contribution in [3.8, 4) is 11.5 Å². The topological polar surface area (TPSA) is 94.2 Å². The lowest BCUT2D eigenvalue weighted by Crippen LogP contribution is -2.31. The Balaban J connectivity index is 1.76. The molecule has 8 nitrogen and oxygen atoms in total. The van der Waals surface area contributed by atoms with E-state index in [1.54, 1.807) is 36.3 Å². The number of anilines is 1. The van der Waals surface area contributed by atoms with E-state index >= 15 is 0 Å². The number of carbonyl (C=O) groups excluding carboxylic acids is 3. The number of rotatable bonds is 16. The van der Waals surface area contributed by atoms with Crippen LogP contribution < -0.4 is 14.8 Å². The van der Waals surface area contributed by atoms with E-state index in [-0.39, 0.29) is 24.8 Å². The number of amides is 2. The summed E-state index contributed by atoms with van der Waals surface area (Å²) in [6.45, 7) is 4.79. The van der Waals surface area contributed by atoms with E-state index in [1.165, 1.54) is 32.8 Å². The Labute approximate surface area is 232 Å². The van der Waals surface area contributed by atoms with Crippen molar-refractivity contribution < 1.29 is 28.6 Å². The maximum Gasteiger partial charge on any atom is 0.307 e. The molecule has 39 heavy (non-hydrogen) atoms. The second kappa shape index (κ2) is 15.1. The van der Waals surface area contributed by atoms with Gasteiger partial charge < -0.3 is 24.4 Å². The Morgan fingerprint density at radius 2 is 1.72 bits per heavy atom. The number of fused-ring (bicyclic) bond motifs is 1. The Kier molecular flexibility index (Phi) is 11.6. The third-order valence-electron chi connectivity index (χ3n) is 7.11. The van der Waals surface area contributed by atoms with E-state index in [9.17, 15) is 14.4 Å². The Morgan fingerprint density at radius 1 is 0.974 bits per heavy atom. The molecule has 0 saturated heterocycles. The first-order valence-corrected chi connectivity index (χ1v) is 14.0.